The maximum absolute atomic E-state index is 5.07. The summed E-state index contributed by atoms with van der Waals surface area (Å²) in [5, 5.41) is 4.07. The highest BCUT2D eigenvalue weighted by molar-refractivity contribution is 5.86. The number of hydrogen-bond donors (Lipinski definition) is 2. The van der Waals surface area contributed by atoms with E-state index in [1.165, 1.54) is 0 Å². The Balaban J connectivity index is -0.000000270. The molecule has 4 nitrogen and oxygen atoms in total. The fraction of sp³-hybridized carbons (Fsp3) is 0.400. The summed E-state index contributed by atoms with van der Waals surface area (Å²) in [6.07, 6.45) is 1.88. The van der Waals surface area contributed by atoms with Crippen LogP contribution >= 0.6 is 37.2 Å². The third-order valence-electron chi connectivity index (χ3n) is 1.05. The molecule has 0 aliphatic carbocycles. The molecule has 0 saturated carbocycles. The summed E-state index contributed by atoms with van der Waals surface area (Å²) in [7, 11) is 1.88. The summed E-state index contributed by atoms with van der Waals surface area (Å²) in [5.41, 5.74) is 3.48. The minimum absolute atomic E-state index is 0. The van der Waals surface area contributed by atoms with E-state index in [0.717, 1.165) is 5.69 Å². The van der Waals surface area contributed by atoms with Crippen LogP contribution in [0, 0.1) is 0 Å². The maximum atomic E-state index is 5.07. The van der Waals surface area contributed by atoms with Gasteiger partial charge < -0.3 is 0 Å². The predicted octanol–water partition coefficient (Wildman–Crippen LogP) is 0.649. The number of aryl methyl sites for hydroxylation is 1. The average Bonchev–Trinajstić information content (AvgIpc) is 2.17. The molecule has 0 bridgehead atoms. The molecular formula is C5H13Cl3N4. The SMILES string of the molecule is Cl.Cl.Cl.Cn1ccc(CNN)n1. The highest BCUT2D eigenvalue weighted by atomic mass is 35.5. The van der Waals surface area contributed by atoms with Crippen LogP contribution in [-0.4, -0.2) is 9.78 Å². The topological polar surface area (TPSA) is 55.9 Å². The van der Waals surface area contributed by atoms with Gasteiger partial charge in [0.05, 0.1) is 12.2 Å². The van der Waals surface area contributed by atoms with Gasteiger partial charge in [-0.25, -0.2) is 0 Å². The molecule has 7 heteroatoms. The van der Waals surface area contributed by atoms with E-state index >= 15 is 0 Å². The molecule has 0 aromatic carbocycles. The van der Waals surface area contributed by atoms with E-state index in [4.69, 9.17) is 5.84 Å². The fourth-order valence-corrected chi connectivity index (χ4v) is 0.662. The lowest BCUT2D eigenvalue weighted by atomic mass is 10.4. The maximum Gasteiger partial charge on any atom is 0.0776 e. The monoisotopic (exact) mass is 234 g/mol. The van der Waals surface area contributed by atoms with E-state index in [1.54, 1.807) is 4.68 Å². The first kappa shape index (κ1) is 17.9. The largest absolute Gasteiger partial charge is 0.276 e. The molecule has 1 aromatic rings. The van der Waals surface area contributed by atoms with Gasteiger partial charge in [0.25, 0.3) is 0 Å². The van der Waals surface area contributed by atoms with Gasteiger partial charge in [-0.15, -0.1) is 37.2 Å². The van der Waals surface area contributed by atoms with Gasteiger partial charge in [0.1, 0.15) is 0 Å². The molecule has 74 valence electrons. The number of aromatic nitrogens is 2. The minimum atomic E-state index is 0. The number of nitrogens with two attached hydrogens (primary N) is 1. The van der Waals surface area contributed by atoms with Crippen molar-refractivity contribution in [3.05, 3.63) is 18.0 Å². The molecule has 0 aliphatic heterocycles. The Morgan fingerprint density at radius 2 is 2.08 bits per heavy atom. The molecule has 0 saturated heterocycles. The quantitative estimate of drug-likeness (QED) is 0.585. The lowest BCUT2D eigenvalue weighted by molar-refractivity contribution is 0.683. The summed E-state index contributed by atoms with van der Waals surface area (Å²) >= 11 is 0. The molecule has 0 unspecified atom stereocenters. The zero-order valence-corrected chi connectivity index (χ0v) is 9.01. The van der Waals surface area contributed by atoms with Crippen LogP contribution in [0.2, 0.25) is 0 Å². The first-order valence-electron chi connectivity index (χ1n) is 2.75. The highest BCUT2D eigenvalue weighted by Gasteiger charge is 1.91. The Morgan fingerprint density at radius 3 is 2.42 bits per heavy atom. The number of hydrazine groups is 1. The van der Waals surface area contributed by atoms with E-state index in [9.17, 15) is 0 Å². The van der Waals surface area contributed by atoms with Gasteiger partial charge in [0.15, 0.2) is 0 Å². The summed E-state index contributed by atoms with van der Waals surface area (Å²) in [4.78, 5) is 0. The predicted molar refractivity (Wildman–Crippen MR) is 56.0 cm³/mol. The Hall–Kier alpha value is -0.000000000000000111. The molecule has 0 amide bonds. The average molecular weight is 236 g/mol. The zero-order valence-electron chi connectivity index (χ0n) is 6.56. The second kappa shape index (κ2) is 9.09. The summed E-state index contributed by atoms with van der Waals surface area (Å²) in [6.45, 7) is 0.626. The van der Waals surface area contributed by atoms with Crippen LogP contribution in [0.3, 0.4) is 0 Å². The molecule has 3 N–H and O–H groups in total. The number of rotatable bonds is 2. The molecule has 12 heavy (non-hydrogen) atoms. The van der Waals surface area contributed by atoms with Crippen LogP contribution in [-0.2, 0) is 13.6 Å². The van der Waals surface area contributed by atoms with E-state index < -0.39 is 0 Å². The molecule has 0 radical (unpaired) electrons. The number of nitrogens with zero attached hydrogens (tertiary/aromatic N) is 2. The van der Waals surface area contributed by atoms with Crippen molar-refractivity contribution < 1.29 is 0 Å². The van der Waals surface area contributed by atoms with E-state index in [2.05, 4.69) is 10.5 Å². The number of hydrogen-bond acceptors (Lipinski definition) is 3. The molecular weight excluding hydrogens is 222 g/mol. The summed E-state index contributed by atoms with van der Waals surface area (Å²) < 4.78 is 1.74. The lowest BCUT2D eigenvalue weighted by Crippen LogP contribution is -2.21. The first-order valence-corrected chi connectivity index (χ1v) is 2.75. The minimum Gasteiger partial charge on any atom is -0.276 e. The fourth-order valence-electron chi connectivity index (χ4n) is 0.662. The van der Waals surface area contributed by atoms with Crippen LogP contribution in [0.4, 0.5) is 0 Å². The van der Waals surface area contributed by atoms with Crippen LogP contribution in [0.25, 0.3) is 0 Å². The van der Waals surface area contributed by atoms with Crippen molar-refractivity contribution in [1.82, 2.24) is 15.2 Å². The van der Waals surface area contributed by atoms with Crippen molar-refractivity contribution in [2.75, 3.05) is 0 Å². The number of nitrogens with one attached hydrogen (secondary N) is 1. The van der Waals surface area contributed by atoms with Crippen molar-refractivity contribution >= 4 is 37.2 Å². The Morgan fingerprint density at radius 1 is 1.50 bits per heavy atom. The Kier molecular flexibility index (Phi) is 13.6. The van der Waals surface area contributed by atoms with Crippen molar-refractivity contribution in [3.63, 3.8) is 0 Å². The molecule has 0 fully saturated rings. The van der Waals surface area contributed by atoms with Gasteiger partial charge >= 0.3 is 0 Å². The van der Waals surface area contributed by atoms with Gasteiger partial charge in [-0.1, -0.05) is 0 Å². The molecule has 1 heterocycles. The smallest absolute Gasteiger partial charge is 0.0776 e. The van der Waals surface area contributed by atoms with Crippen LogP contribution < -0.4 is 11.3 Å². The van der Waals surface area contributed by atoms with E-state index in [1.807, 2.05) is 19.3 Å². The van der Waals surface area contributed by atoms with Crippen LogP contribution in [0.1, 0.15) is 5.69 Å². The third kappa shape index (κ3) is 5.62. The van der Waals surface area contributed by atoms with Crippen LogP contribution in [0.5, 0.6) is 0 Å². The molecule has 1 aromatic heterocycles. The second-order valence-corrected chi connectivity index (χ2v) is 1.86. The molecule has 0 spiro atoms. The second-order valence-electron chi connectivity index (χ2n) is 1.86. The van der Waals surface area contributed by atoms with Gasteiger partial charge in [-0.3, -0.25) is 16.0 Å². The molecule has 0 aliphatic rings. The highest BCUT2D eigenvalue weighted by Crippen LogP contribution is 1.90. The molecule has 1 rings (SSSR count). The lowest BCUT2D eigenvalue weighted by Gasteiger charge is -1.90. The van der Waals surface area contributed by atoms with Gasteiger partial charge in [0.2, 0.25) is 0 Å². The van der Waals surface area contributed by atoms with E-state index in [0.29, 0.717) is 6.54 Å². The van der Waals surface area contributed by atoms with Crippen molar-refractivity contribution in [2.45, 2.75) is 6.54 Å². The van der Waals surface area contributed by atoms with Crippen molar-refractivity contribution in [3.8, 4) is 0 Å². The van der Waals surface area contributed by atoms with Crippen molar-refractivity contribution in [1.29, 1.82) is 0 Å². The Labute approximate surface area is 90.1 Å². The van der Waals surface area contributed by atoms with Gasteiger partial charge in [0, 0.05) is 13.2 Å². The van der Waals surface area contributed by atoms with Gasteiger partial charge in [-0.2, -0.15) is 5.10 Å². The molecule has 0 atom stereocenters. The van der Waals surface area contributed by atoms with Gasteiger partial charge in [-0.05, 0) is 6.07 Å². The zero-order chi connectivity index (χ0) is 6.69. The third-order valence-corrected chi connectivity index (χ3v) is 1.05. The summed E-state index contributed by atoms with van der Waals surface area (Å²) in [5.74, 6) is 5.07. The first-order chi connectivity index (χ1) is 4.33. The summed E-state index contributed by atoms with van der Waals surface area (Å²) in [6, 6.07) is 1.92. The standard InChI is InChI=1S/C5H10N4.3ClH/c1-9-3-2-5(8-9)4-7-6;;;/h2-3,7H,4,6H2,1H3;3*1H. The normalized spacial score (nSPS) is 7.50. The van der Waals surface area contributed by atoms with E-state index in [-0.39, 0.29) is 37.2 Å². The van der Waals surface area contributed by atoms with Crippen molar-refractivity contribution in [2.24, 2.45) is 12.9 Å². The number of halogens is 3. The Bertz CT molecular complexity index is 191. The van der Waals surface area contributed by atoms with Crippen LogP contribution in [0.15, 0.2) is 12.3 Å².